The monoisotopic (exact) mass is 461 g/mol. The first-order valence-electron chi connectivity index (χ1n) is 13.1. The number of halogens is 2. The van der Waals surface area contributed by atoms with E-state index in [1.54, 1.807) is 6.33 Å². The summed E-state index contributed by atoms with van der Waals surface area (Å²) in [5.41, 5.74) is 0.910. The molecule has 3 aromatic rings. The van der Waals surface area contributed by atoms with Crippen LogP contribution < -0.4 is 9.64 Å². The van der Waals surface area contributed by atoms with Crippen LogP contribution in [0, 0.1) is 30.5 Å². The highest BCUT2D eigenvalue weighted by Crippen LogP contribution is 2.44. The molecule has 1 saturated carbocycles. The van der Waals surface area contributed by atoms with E-state index in [4.69, 9.17) is 23.2 Å². The summed E-state index contributed by atoms with van der Waals surface area (Å²) in [6.07, 6.45) is 4.12. The van der Waals surface area contributed by atoms with E-state index in [2.05, 4.69) is 25.0 Å². The van der Waals surface area contributed by atoms with Crippen LogP contribution in [0.2, 0.25) is 5.02 Å². The van der Waals surface area contributed by atoms with Crippen molar-refractivity contribution in [2.45, 2.75) is 39.5 Å². The molecule has 1 aliphatic heterocycles. The van der Waals surface area contributed by atoms with Gasteiger partial charge in [-0.2, -0.15) is 10.1 Å². The third-order valence-electron chi connectivity index (χ3n) is 6.39. The van der Waals surface area contributed by atoms with Gasteiger partial charge in [-0.25, -0.2) is 19.0 Å². The molecule has 0 N–H and O–H groups in total. The van der Waals surface area contributed by atoms with E-state index in [-0.39, 0.29) is 22.7 Å². The Labute approximate surface area is 198 Å². The third-order valence-corrected chi connectivity index (χ3v) is 6.68. The number of piperidine rings is 1. The maximum absolute atomic E-state index is 13.6. The minimum absolute atomic E-state index is 0.0847. The Morgan fingerprint density at radius 3 is 2.78 bits per heavy atom. The van der Waals surface area contributed by atoms with Crippen molar-refractivity contribution in [1.82, 2.24) is 24.7 Å². The molecule has 9 heteroatoms. The Bertz CT molecular complexity index is 1290. The number of fused-ring (bicyclic) bond motifs is 2. The average molecular weight is 462 g/mol. The largest absolute Gasteiger partial charge is 0.424 e. The van der Waals surface area contributed by atoms with Crippen molar-refractivity contribution in [2.24, 2.45) is 17.8 Å². The molecule has 7 nitrogen and oxygen atoms in total. The fourth-order valence-corrected chi connectivity index (χ4v) is 5.06. The highest BCUT2D eigenvalue weighted by Gasteiger charge is 2.42. The number of rotatable bonds is 6. The second-order valence-electron chi connectivity index (χ2n) is 8.40. The molecule has 168 valence electrons. The van der Waals surface area contributed by atoms with Gasteiger partial charge in [0.05, 0.1) is 7.76 Å². The van der Waals surface area contributed by atoms with Crippen LogP contribution >= 0.6 is 11.6 Å². The van der Waals surface area contributed by atoms with Crippen molar-refractivity contribution in [3.05, 3.63) is 53.0 Å². The molecule has 0 radical (unpaired) electrons. The van der Waals surface area contributed by atoms with E-state index >= 15 is 0 Å². The van der Waals surface area contributed by atoms with Gasteiger partial charge in [-0.3, -0.25) is 0 Å². The minimum Gasteiger partial charge on any atom is -0.424 e. The second-order valence-corrected chi connectivity index (χ2v) is 8.81. The molecule has 5 rings (SSSR count). The van der Waals surface area contributed by atoms with Crippen molar-refractivity contribution in [3.63, 3.8) is 0 Å². The molecule has 1 unspecified atom stereocenters. The van der Waals surface area contributed by atoms with E-state index in [0.717, 1.165) is 43.5 Å². The number of aryl methyl sites for hydroxylation is 2. The number of aromatic nitrogens is 5. The Morgan fingerprint density at radius 2 is 2.06 bits per heavy atom. The molecule has 3 heterocycles. The van der Waals surface area contributed by atoms with E-state index in [1.807, 2.05) is 13.0 Å². The number of nitrogens with zero attached hydrogens (tertiary/aromatic N) is 6. The third kappa shape index (κ3) is 4.16. The second kappa shape index (κ2) is 8.65. The van der Waals surface area contributed by atoms with E-state index in [9.17, 15) is 4.39 Å². The van der Waals surface area contributed by atoms with Crippen molar-refractivity contribution in [1.29, 1.82) is 0 Å². The summed E-state index contributed by atoms with van der Waals surface area (Å²) in [5, 5.41) is 4.08. The van der Waals surface area contributed by atoms with Gasteiger partial charge in [-0.05, 0) is 56.5 Å². The zero-order valence-corrected chi connectivity index (χ0v) is 18.3. The predicted molar refractivity (Wildman–Crippen MR) is 120 cm³/mol. The first-order valence-corrected chi connectivity index (χ1v) is 10.9. The molecule has 1 aliphatic carbocycles. The van der Waals surface area contributed by atoms with Gasteiger partial charge >= 0.3 is 6.01 Å². The molecule has 2 fully saturated rings. The van der Waals surface area contributed by atoms with E-state index in [0.29, 0.717) is 28.8 Å². The standard InChI is InChI=1S/C23H26ClFN6O/c1-3-31-23(32-17-6-7-20(25)19(24)9-17)28-21(29-31)10-18-15-4-5-16(18)12-30(11-15)22-8-14(2)26-13-27-22/h6-9,13,15-16,18H,3-5,10-12H2,1-2H3/t15-,16+,18?/i1D3,3D2. The van der Waals surface area contributed by atoms with Gasteiger partial charge in [-0.1, -0.05) is 11.6 Å². The molecule has 1 saturated heterocycles. The molecule has 2 aromatic heterocycles. The number of hydrogen-bond acceptors (Lipinski definition) is 6. The summed E-state index contributed by atoms with van der Waals surface area (Å²) >= 11 is 5.85. The summed E-state index contributed by atoms with van der Waals surface area (Å²) in [6.45, 7) is -2.33. The van der Waals surface area contributed by atoms with Crippen LogP contribution in [0.15, 0.2) is 30.6 Å². The maximum Gasteiger partial charge on any atom is 0.320 e. The molecule has 2 aliphatic rings. The molecule has 2 bridgehead atoms. The lowest BCUT2D eigenvalue weighted by Crippen LogP contribution is -2.43. The van der Waals surface area contributed by atoms with Crippen molar-refractivity contribution < 1.29 is 16.0 Å². The number of ether oxygens (including phenoxy) is 1. The normalized spacial score (nSPS) is 25.5. The van der Waals surface area contributed by atoms with E-state index in [1.165, 1.54) is 12.1 Å². The van der Waals surface area contributed by atoms with Crippen molar-refractivity contribution in [2.75, 3.05) is 18.0 Å². The maximum atomic E-state index is 13.6. The minimum atomic E-state index is -3.03. The van der Waals surface area contributed by atoms with Gasteiger partial charge in [0.1, 0.15) is 23.7 Å². The zero-order valence-electron chi connectivity index (χ0n) is 22.5. The fraction of sp³-hybridized carbons (Fsp3) is 0.478. The Hall–Kier alpha value is -2.74. The molecular formula is C23H26ClFN6O. The van der Waals surface area contributed by atoms with E-state index < -0.39 is 19.2 Å². The van der Waals surface area contributed by atoms with Gasteiger partial charge in [0.25, 0.3) is 0 Å². The molecular weight excluding hydrogens is 431 g/mol. The quantitative estimate of drug-likeness (QED) is 0.530. The first kappa shape index (κ1) is 16.0. The first-order chi connectivity index (χ1) is 17.4. The number of anilines is 1. The van der Waals surface area contributed by atoms with Crippen LogP contribution in [0.3, 0.4) is 0 Å². The van der Waals surface area contributed by atoms with Crippen LogP contribution in [0.5, 0.6) is 11.8 Å². The van der Waals surface area contributed by atoms with Gasteiger partial charge in [0, 0.05) is 47.9 Å². The molecule has 0 spiro atoms. The summed E-state index contributed by atoms with van der Waals surface area (Å²) in [4.78, 5) is 15.3. The fourth-order valence-electron chi connectivity index (χ4n) is 4.89. The Morgan fingerprint density at radius 1 is 1.25 bits per heavy atom. The van der Waals surface area contributed by atoms with Crippen LogP contribution in [0.1, 0.15) is 38.1 Å². The zero-order chi connectivity index (χ0) is 26.5. The number of hydrogen-bond donors (Lipinski definition) is 0. The highest BCUT2D eigenvalue weighted by molar-refractivity contribution is 6.30. The lowest BCUT2D eigenvalue weighted by atomic mass is 9.82. The van der Waals surface area contributed by atoms with Crippen LogP contribution in [0.25, 0.3) is 0 Å². The average Bonchev–Trinajstić information content (AvgIpc) is 3.31. The number of benzene rings is 1. The molecule has 1 aromatic carbocycles. The summed E-state index contributed by atoms with van der Waals surface area (Å²) in [5.74, 6) is 1.62. The molecule has 0 amide bonds. The van der Waals surface area contributed by atoms with Crippen LogP contribution in [-0.2, 0) is 12.9 Å². The van der Waals surface area contributed by atoms with Gasteiger partial charge < -0.3 is 9.64 Å². The van der Waals surface area contributed by atoms with Gasteiger partial charge in [0.15, 0.2) is 5.82 Å². The lowest BCUT2D eigenvalue weighted by Gasteiger charge is -2.38. The SMILES string of the molecule is [2H]C([2H])([2H])C([2H])([2H])n1nc(CC2[C@@H]3CC[C@H]2CN(c2cc(C)ncn2)C3)nc1Oc1ccc(F)c(Cl)c1. The topological polar surface area (TPSA) is 69.0 Å². The van der Waals surface area contributed by atoms with Crippen molar-refractivity contribution >= 4 is 17.4 Å². The van der Waals surface area contributed by atoms with Crippen LogP contribution in [-0.4, -0.2) is 37.8 Å². The van der Waals surface area contributed by atoms with Crippen LogP contribution in [0.4, 0.5) is 10.2 Å². The summed E-state index contributed by atoms with van der Waals surface area (Å²) in [6, 6.07) is 5.26. The summed E-state index contributed by atoms with van der Waals surface area (Å²) < 4.78 is 59.5. The smallest absolute Gasteiger partial charge is 0.320 e. The Kier molecular flexibility index (Phi) is 4.32. The summed E-state index contributed by atoms with van der Waals surface area (Å²) in [7, 11) is 0. The highest BCUT2D eigenvalue weighted by atomic mass is 35.5. The molecule has 3 atom stereocenters. The predicted octanol–water partition coefficient (Wildman–Crippen LogP) is 4.69. The van der Waals surface area contributed by atoms with Gasteiger partial charge in [0.2, 0.25) is 0 Å². The molecule has 32 heavy (non-hydrogen) atoms. The lowest BCUT2D eigenvalue weighted by molar-refractivity contribution is 0.264. The van der Waals surface area contributed by atoms with Gasteiger partial charge in [-0.15, -0.1) is 0 Å². The van der Waals surface area contributed by atoms with Crippen molar-refractivity contribution in [3.8, 4) is 11.8 Å². The Balaban J connectivity index is 1.40.